The van der Waals surface area contributed by atoms with E-state index in [1.54, 1.807) is 45.0 Å². The van der Waals surface area contributed by atoms with Gasteiger partial charge in [0.15, 0.2) is 5.69 Å². The number of anilines is 2. The van der Waals surface area contributed by atoms with Crippen LogP contribution < -0.4 is 4.90 Å². The molecule has 6 nitrogen and oxygen atoms in total. The second kappa shape index (κ2) is 6.15. The summed E-state index contributed by atoms with van der Waals surface area (Å²) in [4.78, 5) is 28.9. The number of carbonyl (C=O) groups is 2. The van der Waals surface area contributed by atoms with Gasteiger partial charge in [-0.05, 0) is 32.9 Å². The molecule has 0 aliphatic carbocycles. The number of ether oxygens (including phenoxy) is 1. The van der Waals surface area contributed by atoms with Crippen molar-refractivity contribution in [2.75, 3.05) is 4.90 Å². The molecule has 0 unspecified atom stereocenters. The summed E-state index contributed by atoms with van der Waals surface area (Å²) < 4.78 is 5.39. The summed E-state index contributed by atoms with van der Waals surface area (Å²) in [5.74, 6) is -1.19. The van der Waals surface area contributed by atoms with Crippen LogP contribution in [-0.2, 0) is 4.74 Å². The number of para-hydroxylation sites is 1. The third kappa shape index (κ3) is 3.62. The summed E-state index contributed by atoms with van der Waals surface area (Å²) in [6.07, 6.45) is -0.648. The van der Waals surface area contributed by atoms with E-state index in [4.69, 9.17) is 4.74 Å². The predicted octanol–water partition coefficient (Wildman–Crippen LogP) is 3.91. The van der Waals surface area contributed by atoms with Crippen LogP contribution in [0.3, 0.4) is 0 Å². The van der Waals surface area contributed by atoms with E-state index in [0.29, 0.717) is 5.69 Å². The lowest BCUT2D eigenvalue weighted by Crippen LogP contribution is -2.34. The second-order valence-electron chi connectivity index (χ2n) is 5.46. The second-order valence-corrected chi connectivity index (χ2v) is 6.30. The quantitative estimate of drug-likeness (QED) is 0.927. The molecular formula is C15H16N2O4S. The van der Waals surface area contributed by atoms with Crippen molar-refractivity contribution in [2.24, 2.45) is 0 Å². The third-order valence-corrected chi connectivity index (χ3v) is 3.35. The highest BCUT2D eigenvalue weighted by atomic mass is 32.1. The standard InChI is InChI=1S/C15H16N2O4S/c1-15(2,3)21-14(20)17(10-7-5-4-6-8-10)12-11(13(18)19)16-9-22-12/h4-9H,1-3H3,(H,18,19). The van der Waals surface area contributed by atoms with Gasteiger partial charge < -0.3 is 9.84 Å². The molecule has 1 heterocycles. The van der Waals surface area contributed by atoms with Crippen molar-refractivity contribution in [3.05, 3.63) is 41.5 Å². The molecule has 1 aromatic carbocycles. The van der Waals surface area contributed by atoms with Gasteiger partial charge in [-0.1, -0.05) is 18.2 Å². The maximum absolute atomic E-state index is 12.5. The van der Waals surface area contributed by atoms with Crippen molar-refractivity contribution in [3.8, 4) is 0 Å². The molecule has 0 saturated heterocycles. The van der Waals surface area contributed by atoms with Crippen LogP contribution in [0.15, 0.2) is 35.8 Å². The first-order valence-electron chi connectivity index (χ1n) is 6.54. The highest BCUT2D eigenvalue weighted by Crippen LogP contribution is 2.33. The zero-order valence-electron chi connectivity index (χ0n) is 12.4. The molecule has 0 bridgehead atoms. The Kier molecular flexibility index (Phi) is 4.46. The monoisotopic (exact) mass is 320 g/mol. The van der Waals surface area contributed by atoms with Gasteiger partial charge in [-0.2, -0.15) is 0 Å². The smallest absolute Gasteiger partial charge is 0.420 e. The molecule has 2 rings (SSSR count). The molecule has 0 atom stereocenters. The van der Waals surface area contributed by atoms with Gasteiger partial charge in [-0.25, -0.2) is 19.5 Å². The van der Waals surface area contributed by atoms with Crippen LogP contribution in [0.4, 0.5) is 15.5 Å². The lowest BCUT2D eigenvalue weighted by Gasteiger charge is -2.26. The number of amides is 1. The van der Waals surface area contributed by atoms with Crippen molar-refractivity contribution in [3.63, 3.8) is 0 Å². The Bertz CT molecular complexity index is 676. The number of carboxylic acid groups (broad SMARTS) is 1. The molecular weight excluding hydrogens is 304 g/mol. The average Bonchev–Trinajstić information content (AvgIpc) is 2.87. The minimum absolute atomic E-state index is 0.181. The molecule has 1 N–H and O–H groups in total. The predicted molar refractivity (Wildman–Crippen MR) is 83.9 cm³/mol. The average molecular weight is 320 g/mol. The molecule has 0 saturated carbocycles. The zero-order chi connectivity index (χ0) is 16.3. The van der Waals surface area contributed by atoms with Crippen LogP contribution in [0.5, 0.6) is 0 Å². The molecule has 0 radical (unpaired) electrons. The summed E-state index contributed by atoms with van der Waals surface area (Å²) in [6.45, 7) is 5.25. The summed E-state index contributed by atoms with van der Waals surface area (Å²) in [7, 11) is 0. The largest absolute Gasteiger partial charge is 0.476 e. The van der Waals surface area contributed by atoms with E-state index in [2.05, 4.69) is 4.98 Å². The normalized spacial score (nSPS) is 11.0. The Labute approximate surface area is 132 Å². The van der Waals surface area contributed by atoms with Gasteiger partial charge in [0.05, 0.1) is 11.2 Å². The Balaban J connectivity index is 2.49. The summed E-state index contributed by atoms with van der Waals surface area (Å²) in [5.41, 5.74) is 1.03. The minimum Gasteiger partial charge on any atom is -0.476 e. The van der Waals surface area contributed by atoms with E-state index in [9.17, 15) is 14.7 Å². The van der Waals surface area contributed by atoms with Crippen LogP contribution in [-0.4, -0.2) is 27.8 Å². The topological polar surface area (TPSA) is 79.7 Å². The maximum atomic E-state index is 12.5. The maximum Gasteiger partial charge on any atom is 0.420 e. The molecule has 2 aromatic rings. The number of thiazole rings is 1. The Morgan fingerprint density at radius 1 is 1.23 bits per heavy atom. The van der Waals surface area contributed by atoms with Gasteiger partial charge in [0.2, 0.25) is 0 Å². The van der Waals surface area contributed by atoms with Gasteiger partial charge in [0.1, 0.15) is 10.6 Å². The fraction of sp³-hybridized carbons (Fsp3) is 0.267. The third-order valence-electron chi connectivity index (χ3n) is 2.54. The van der Waals surface area contributed by atoms with E-state index >= 15 is 0 Å². The van der Waals surface area contributed by atoms with E-state index in [1.807, 2.05) is 6.07 Å². The highest BCUT2D eigenvalue weighted by Gasteiger charge is 2.29. The van der Waals surface area contributed by atoms with Gasteiger partial charge >= 0.3 is 12.1 Å². The fourth-order valence-corrected chi connectivity index (χ4v) is 2.53. The van der Waals surface area contributed by atoms with Crippen LogP contribution >= 0.6 is 11.3 Å². The number of carboxylic acids is 1. The zero-order valence-corrected chi connectivity index (χ0v) is 13.3. The van der Waals surface area contributed by atoms with Gasteiger partial charge in [0.25, 0.3) is 0 Å². The number of aromatic carboxylic acids is 1. The van der Waals surface area contributed by atoms with Crippen LogP contribution in [0.2, 0.25) is 0 Å². The SMILES string of the molecule is CC(C)(C)OC(=O)N(c1ccccc1)c1scnc1C(=O)O. The highest BCUT2D eigenvalue weighted by molar-refractivity contribution is 7.14. The number of hydrogen-bond acceptors (Lipinski definition) is 5. The summed E-state index contributed by atoms with van der Waals surface area (Å²) in [6, 6.07) is 8.73. The Morgan fingerprint density at radius 3 is 2.41 bits per heavy atom. The van der Waals surface area contributed by atoms with Crippen LogP contribution in [0.25, 0.3) is 0 Å². The van der Waals surface area contributed by atoms with E-state index in [0.717, 1.165) is 11.3 Å². The first kappa shape index (κ1) is 16.0. The van der Waals surface area contributed by atoms with Crippen molar-refractivity contribution >= 4 is 34.1 Å². The van der Waals surface area contributed by atoms with Gasteiger partial charge in [-0.15, -0.1) is 11.3 Å². The molecule has 0 fully saturated rings. The Hall–Kier alpha value is -2.41. The molecule has 0 spiro atoms. The summed E-state index contributed by atoms with van der Waals surface area (Å²) in [5, 5.41) is 9.45. The fourth-order valence-electron chi connectivity index (χ4n) is 1.74. The number of aromatic nitrogens is 1. The van der Waals surface area contributed by atoms with E-state index in [1.165, 1.54) is 10.4 Å². The molecule has 0 aliphatic heterocycles. The number of carbonyl (C=O) groups excluding carboxylic acids is 1. The van der Waals surface area contributed by atoms with Crippen molar-refractivity contribution in [1.29, 1.82) is 0 Å². The van der Waals surface area contributed by atoms with Crippen LogP contribution in [0, 0.1) is 0 Å². The van der Waals surface area contributed by atoms with Crippen molar-refractivity contribution in [1.82, 2.24) is 4.98 Å². The van der Waals surface area contributed by atoms with Gasteiger partial charge in [-0.3, -0.25) is 0 Å². The lowest BCUT2D eigenvalue weighted by molar-refractivity contribution is 0.0600. The number of benzene rings is 1. The first-order chi connectivity index (χ1) is 10.3. The van der Waals surface area contributed by atoms with E-state index in [-0.39, 0.29) is 10.7 Å². The minimum atomic E-state index is -1.19. The number of rotatable bonds is 3. The Morgan fingerprint density at radius 2 is 1.86 bits per heavy atom. The molecule has 7 heteroatoms. The first-order valence-corrected chi connectivity index (χ1v) is 7.42. The summed E-state index contributed by atoms with van der Waals surface area (Å²) >= 11 is 1.07. The number of hydrogen-bond donors (Lipinski definition) is 1. The molecule has 116 valence electrons. The van der Waals surface area contributed by atoms with Crippen LogP contribution in [0.1, 0.15) is 31.3 Å². The van der Waals surface area contributed by atoms with Crippen molar-refractivity contribution in [2.45, 2.75) is 26.4 Å². The van der Waals surface area contributed by atoms with Gasteiger partial charge in [0, 0.05) is 0 Å². The van der Waals surface area contributed by atoms with E-state index < -0.39 is 17.7 Å². The van der Waals surface area contributed by atoms with Crippen molar-refractivity contribution < 1.29 is 19.4 Å². The molecule has 22 heavy (non-hydrogen) atoms. The molecule has 1 amide bonds. The lowest BCUT2D eigenvalue weighted by atomic mass is 10.2. The molecule has 0 aliphatic rings. The number of nitrogens with zero attached hydrogens (tertiary/aromatic N) is 2. The molecule has 1 aromatic heterocycles.